The van der Waals surface area contributed by atoms with E-state index in [4.69, 9.17) is 0 Å². The molecule has 0 spiro atoms. The highest BCUT2D eigenvalue weighted by molar-refractivity contribution is 5.91. The van der Waals surface area contributed by atoms with Crippen LogP contribution in [0.5, 0.6) is 0 Å². The van der Waals surface area contributed by atoms with E-state index in [-0.39, 0.29) is 0 Å². The molecule has 0 aliphatic carbocycles. The van der Waals surface area contributed by atoms with Gasteiger partial charge in [0.2, 0.25) is 0 Å². The number of benzene rings is 1. The topological polar surface area (TPSA) is 66.2 Å². The first kappa shape index (κ1) is 19.3. The maximum absolute atomic E-state index is 10.4. The number of aliphatic hydroxyl groups is 1. The summed E-state index contributed by atoms with van der Waals surface area (Å²) in [6, 6.07) is 9.67. The van der Waals surface area contributed by atoms with Gasteiger partial charge in [0.15, 0.2) is 0 Å². The van der Waals surface area contributed by atoms with Crippen molar-refractivity contribution in [1.29, 1.82) is 0 Å². The molecule has 2 aromatic heterocycles. The molecule has 27 heavy (non-hydrogen) atoms. The minimum atomic E-state index is -0.584. The van der Waals surface area contributed by atoms with E-state index in [1.54, 1.807) is 6.33 Å². The minimum Gasteiger partial charge on any atom is -0.387 e. The van der Waals surface area contributed by atoms with Gasteiger partial charge in [-0.15, -0.1) is 0 Å². The van der Waals surface area contributed by atoms with Gasteiger partial charge >= 0.3 is 0 Å². The summed E-state index contributed by atoms with van der Waals surface area (Å²) >= 11 is 0. The van der Waals surface area contributed by atoms with Crippen LogP contribution in [0.2, 0.25) is 0 Å². The number of hydrogen-bond acceptors (Lipinski definition) is 5. The molecule has 1 unspecified atom stereocenters. The van der Waals surface area contributed by atoms with Crippen molar-refractivity contribution in [3.05, 3.63) is 53.5 Å². The number of aromatic nitrogens is 3. The number of nitrogens with zero attached hydrogens (tertiary/aromatic N) is 4. The fraction of sp³-hybridized carbons (Fsp3) is 0.429. The Morgan fingerprint density at radius 2 is 1.89 bits per heavy atom. The lowest BCUT2D eigenvalue weighted by Crippen LogP contribution is -2.15. The van der Waals surface area contributed by atoms with Gasteiger partial charge < -0.3 is 19.9 Å². The van der Waals surface area contributed by atoms with Crippen LogP contribution in [0.15, 0.2) is 36.7 Å². The zero-order valence-electron chi connectivity index (χ0n) is 16.6. The van der Waals surface area contributed by atoms with Crippen LogP contribution in [0.25, 0.3) is 11.0 Å². The molecule has 0 bridgehead atoms. The van der Waals surface area contributed by atoms with Crippen LogP contribution >= 0.6 is 0 Å². The molecule has 3 rings (SSSR count). The van der Waals surface area contributed by atoms with Crippen LogP contribution in [-0.2, 0) is 6.54 Å². The smallest absolute Gasteiger partial charge is 0.145 e. The largest absolute Gasteiger partial charge is 0.387 e. The molecule has 0 saturated heterocycles. The number of aliphatic hydroxyl groups excluding tert-OH is 1. The summed E-state index contributed by atoms with van der Waals surface area (Å²) in [5.74, 6) is 0.780. The Balaban J connectivity index is 1.82. The molecular formula is C21H29N5O. The summed E-state index contributed by atoms with van der Waals surface area (Å²) in [4.78, 5) is 11.2. The Kier molecular flexibility index (Phi) is 6.08. The maximum Gasteiger partial charge on any atom is 0.145 e. The second-order valence-electron chi connectivity index (χ2n) is 7.25. The van der Waals surface area contributed by atoms with E-state index < -0.39 is 6.10 Å². The number of fused-ring (bicyclic) bond motifs is 1. The van der Waals surface area contributed by atoms with Crippen molar-refractivity contribution in [3.8, 4) is 0 Å². The number of aryl methyl sites for hydroxylation is 2. The van der Waals surface area contributed by atoms with Gasteiger partial charge in [-0.2, -0.15) is 0 Å². The number of rotatable bonds is 8. The zero-order valence-corrected chi connectivity index (χ0v) is 16.6. The second kappa shape index (κ2) is 8.50. The van der Waals surface area contributed by atoms with Gasteiger partial charge in [-0.3, -0.25) is 0 Å². The third-order valence-corrected chi connectivity index (χ3v) is 5.04. The standard InChI is InChI=1S/C21H29N5O/c1-15-16(2)26(12-8-11-25(3)4)21-19(15)20(23-14-24-21)22-13-18(27)17-9-6-5-7-10-17/h5-7,9-10,14,18,27H,8,11-13H2,1-4H3,(H,22,23,24). The van der Waals surface area contributed by atoms with Crippen LogP contribution in [0, 0.1) is 13.8 Å². The fourth-order valence-electron chi connectivity index (χ4n) is 3.41. The van der Waals surface area contributed by atoms with Crippen LogP contribution in [-0.4, -0.2) is 51.7 Å². The third-order valence-electron chi connectivity index (χ3n) is 5.04. The second-order valence-corrected chi connectivity index (χ2v) is 7.25. The van der Waals surface area contributed by atoms with Gasteiger partial charge in [0.05, 0.1) is 11.5 Å². The first-order valence-corrected chi connectivity index (χ1v) is 9.41. The van der Waals surface area contributed by atoms with E-state index in [1.165, 1.54) is 11.3 Å². The van der Waals surface area contributed by atoms with E-state index >= 15 is 0 Å². The lowest BCUT2D eigenvalue weighted by molar-refractivity contribution is 0.191. The lowest BCUT2D eigenvalue weighted by atomic mass is 10.1. The molecule has 6 nitrogen and oxygen atoms in total. The highest BCUT2D eigenvalue weighted by Gasteiger charge is 2.17. The molecule has 2 N–H and O–H groups in total. The van der Waals surface area contributed by atoms with E-state index in [1.807, 2.05) is 30.3 Å². The molecule has 0 radical (unpaired) electrons. The van der Waals surface area contributed by atoms with Gasteiger partial charge in [-0.25, -0.2) is 9.97 Å². The summed E-state index contributed by atoms with van der Waals surface area (Å²) in [5, 5.41) is 14.8. The predicted octanol–water partition coefficient (Wildman–Crippen LogP) is 3.15. The summed E-state index contributed by atoms with van der Waals surface area (Å²) < 4.78 is 2.27. The molecule has 1 aromatic carbocycles. The lowest BCUT2D eigenvalue weighted by Gasteiger charge is -2.13. The highest BCUT2D eigenvalue weighted by Crippen LogP contribution is 2.29. The van der Waals surface area contributed by atoms with Gasteiger partial charge in [0.1, 0.15) is 17.8 Å². The van der Waals surface area contributed by atoms with Gasteiger partial charge in [0, 0.05) is 18.8 Å². The van der Waals surface area contributed by atoms with E-state index in [0.717, 1.165) is 41.9 Å². The van der Waals surface area contributed by atoms with E-state index in [0.29, 0.717) is 6.54 Å². The van der Waals surface area contributed by atoms with Gasteiger partial charge in [0.25, 0.3) is 0 Å². The van der Waals surface area contributed by atoms with Crippen molar-refractivity contribution in [2.24, 2.45) is 0 Å². The minimum absolute atomic E-state index is 0.403. The quantitative estimate of drug-likeness (QED) is 0.640. The van der Waals surface area contributed by atoms with Crippen molar-refractivity contribution < 1.29 is 5.11 Å². The van der Waals surface area contributed by atoms with Gasteiger partial charge in [-0.05, 0) is 52.0 Å². The molecule has 6 heteroatoms. The Labute approximate surface area is 160 Å². The molecule has 144 valence electrons. The molecule has 2 heterocycles. The van der Waals surface area contributed by atoms with Crippen LogP contribution < -0.4 is 5.32 Å². The van der Waals surface area contributed by atoms with E-state index in [9.17, 15) is 5.11 Å². The highest BCUT2D eigenvalue weighted by atomic mass is 16.3. The Hall–Kier alpha value is -2.44. The Bertz CT molecular complexity index is 888. The zero-order chi connectivity index (χ0) is 19.4. The average Bonchev–Trinajstić information content (AvgIpc) is 2.92. The molecule has 0 amide bonds. The van der Waals surface area contributed by atoms with Crippen LogP contribution in [0.3, 0.4) is 0 Å². The Morgan fingerprint density at radius 3 is 2.59 bits per heavy atom. The SMILES string of the molecule is Cc1c(C)n(CCCN(C)C)c2ncnc(NCC(O)c3ccccc3)c12. The van der Waals surface area contributed by atoms with Crippen molar-refractivity contribution in [2.75, 3.05) is 32.5 Å². The molecule has 0 aliphatic heterocycles. The van der Waals surface area contributed by atoms with Crippen LogP contribution in [0.4, 0.5) is 5.82 Å². The predicted molar refractivity (Wildman–Crippen MR) is 110 cm³/mol. The number of nitrogens with one attached hydrogen (secondary N) is 1. The fourth-order valence-corrected chi connectivity index (χ4v) is 3.41. The normalized spacial score (nSPS) is 12.7. The molecule has 0 fully saturated rings. The molecule has 3 aromatic rings. The molecule has 1 atom stereocenters. The molecule has 0 aliphatic rings. The molecule has 0 saturated carbocycles. The average molecular weight is 367 g/mol. The summed E-state index contributed by atoms with van der Waals surface area (Å²) in [5.41, 5.74) is 4.25. The third kappa shape index (κ3) is 4.28. The first-order valence-electron chi connectivity index (χ1n) is 9.41. The first-order chi connectivity index (χ1) is 13.0. The van der Waals surface area contributed by atoms with Crippen molar-refractivity contribution in [1.82, 2.24) is 19.4 Å². The maximum atomic E-state index is 10.4. The van der Waals surface area contributed by atoms with Crippen molar-refractivity contribution >= 4 is 16.9 Å². The van der Waals surface area contributed by atoms with Crippen molar-refractivity contribution in [2.45, 2.75) is 32.9 Å². The number of hydrogen-bond donors (Lipinski definition) is 2. The molecular weight excluding hydrogens is 338 g/mol. The summed E-state index contributed by atoms with van der Waals surface area (Å²) in [7, 11) is 4.18. The monoisotopic (exact) mass is 367 g/mol. The van der Waals surface area contributed by atoms with Crippen LogP contribution in [0.1, 0.15) is 29.3 Å². The Morgan fingerprint density at radius 1 is 1.15 bits per heavy atom. The summed E-state index contributed by atoms with van der Waals surface area (Å²) in [6.45, 7) is 6.62. The van der Waals surface area contributed by atoms with Crippen molar-refractivity contribution in [3.63, 3.8) is 0 Å². The van der Waals surface area contributed by atoms with E-state index in [2.05, 4.69) is 52.7 Å². The number of anilines is 1. The summed E-state index contributed by atoms with van der Waals surface area (Å²) in [6.07, 6.45) is 2.08. The van der Waals surface area contributed by atoms with Gasteiger partial charge in [-0.1, -0.05) is 30.3 Å².